The number of Topliss-reactive ketones (excluding diaryl/α,β-unsaturated/α-hetero) is 1. The Hall–Kier alpha value is -5.88. The number of aliphatic imine (C=N–C) groups is 1. The van der Waals surface area contributed by atoms with Gasteiger partial charge in [0.25, 0.3) is 0 Å². The maximum atomic E-state index is 14.1. The molecule has 0 saturated heterocycles. The van der Waals surface area contributed by atoms with Crippen LogP contribution in [0.2, 0.25) is 0 Å². The van der Waals surface area contributed by atoms with Crippen LogP contribution in [0.15, 0.2) is 92.9 Å². The number of likely N-dealkylation sites (N-methyl/N-ethyl adjacent to an activating group) is 1. The number of phenols is 1. The van der Waals surface area contributed by atoms with Crippen molar-refractivity contribution in [2.75, 3.05) is 32.6 Å². The fraction of sp³-hybridized carbons (Fsp3) is 0.425. The van der Waals surface area contributed by atoms with Gasteiger partial charge in [0.2, 0.25) is 27.7 Å². The number of carbonyl (C=O) groups is 4. The van der Waals surface area contributed by atoms with Crippen molar-refractivity contribution < 1.29 is 32.7 Å². The number of benzene rings is 3. The van der Waals surface area contributed by atoms with Gasteiger partial charge >= 0.3 is 0 Å². The van der Waals surface area contributed by atoms with Crippen molar-refractivity contribution in [1.29, 1.82) is 0 Å². The Morgan fingerprint density at radius 2 is 1.38 bits per heavy atom. The lowest BCUT2D eigenvalue weighted by molar-refractivity contribution is -0.134. The van der Waals surface area contributed by atoms with E-state index in [-0.39, 0.29) is 54.2 Å². The fourth-order valence-corrected chi connectivity index (χ4v) is 7.02. The van der Waals surface area contributed by atoms with Crippen molar-refractivity contribution >= 4 is 56.5 Å². The third-order valence-electron chi connectivity index (χ3n) is 9.02. The van der Waals surface area contributed by atoms with E-state index in [4.69, 9.17) is 11.5 Å². The summed E-state index contributed by atoms with van der Waals surface area (Å²) in [4.78, 5) is 59.2. The molecule has 3 aromatic carbocycles. The van der Waals surface area contributed by atoms with Gasteiger partial charge < -0.3 is 37.4 Å². The summed E-state index contributed by atoms with van der Waals surface area (Å²) in [5.41, 5.74) is 13.5. The van der Waals surface area contributed by atoms with Gasteiger partial charge in [0.05, 0.1) is 22.3 Å². The van der Waals surface area contributed by atoms with Crippen LogP contribution < -0.4 is 37.0 Å². The number of anilines is 1. The SMILES string of the molecule is CNC(=O)[C@H](CC(C)C)NC(=O)[C@H](C)NC(=O)[C@H](CCCN=C(N)N)CC(=O)[C@H](Cc1ccc(O)cc1)NS(=O)(=O)c1ccc(N=Nc2ccc(N(C)C)cc2)cc1. The molecule has 0 heterocycles. The van der Waals surface area contributed by atoms with E-state index in [0.29, 0.717) is 23.4 Å². The number of carbonyl (C=O) groups excluding carboxylic acids is 4. The van der Waals surface area contributed by atoms with E-state index >= 15 is 0 Å². The molecule has 0 spiro atoms. The number of azo groups is 1. The highest BCUT2D eigenvalue weighted by molar-refractivity contribution is 7.89. The highest BCUT2D eigenvalue weighted by atomic mass is 32.2. The number of amides is 3. The Bertz CT molecular complexity index is 2000. The van der Waals surface area contributed by atoms with Gasteiger partial charge in [0, 0.05) is 45.7 Å². The summed E-state index contributed by atoms with van der Waals surface area (Å²) in [7, 11) is 1.01. The molecule has 4 atom stereocenters. The lowest BCUT2D eigenvalue weighted by Gasteiger charge is -2.24. The second kappa shape index (κ2) is 22.2. The van der Waals surface area contributed by atoms with Crippen molar-refractivity contribution in [2.24, 2.45) is 38.5 Å². The number of hydrogen-bond acceptors (Lipinski definition) is 11. The first-order valence-corrected chi connectivity index (χ1v) is 20.4. The normalized spacial score (nSPS) is 13.6. The highest BCUT2D eigenvalue weighted by Gasteiger charge is 2.32. The van der Waals surface area contributed by atoms with Crippen molar-refractivity contribution in [3.8, 4) is 5.75 Å². The van der Waals surface area contributed by atoms with E-state index in [0.717, 1.165) is 5.69 Å². The van der Waals surface area contributed by atoms with Crippen LogP contribution in [0.25, 0.3) is 0 Å². The lowest BCUT2D eigenvalue weighted by atomic mass is 9.91. The van der Waals surface area contributed by atoms with Crippen molar-refractivity contribution in [1.82, 2.24) is 20.7 Å². The van der Waals surface area contributed by atoms with Gasteiger partial charge in [0.1, 0.15) is 17.8 Å². The molecule has 58 heavy (non-hydrogen) atoms. The van der Waals surface area contributed by atoms with Gasteiger partial charge in [-0.1, -0.05) is 26.0 Å². The quantitative estimate of drug-likeness (QED) is 0.0337. The summed E-state index contributed by atoms with van der Waals surface area (Å²) in [5, 5.41) is 26.1. The van der Waals surface area contributed by atoms with Crippen molar-refractivity contribution in [2.45, 2.75) is 75.9 Å². The minimum Gasteiger partial charge on any atom is -0.508 e. The molecule has 0 bridgehead atoms. The van der Waals surface area contributed by atoms with E-state index in [1.54, 1.807) is 24.3 Å². The molecular formula is C40H56N10O7S. The van der Waals surface area contributed by atoms with E-state index in [1.165, 1.54) is 50.4 Å². The molecule has 0 fully saturated rings. The topological polar surface area (TPSA) is 263 Å². The van der Waals surface area contributed by atoms with Crippen LogP contribution in [0.1, 0.15) is 52.0 Å². The maximum Gasteiger partial charge on any atom is 0.242 e. The Morgan fingerprint density at radius 1 is 0.793 bits per heavy atom. The Morgan fingerprint density at radius 3 is 1.91 bits per heavy atom. The molecule has 0 aliphatic carbocycles. The molecule has 0 saturated carbocycles. The highest BCUT2D eigenvalue weighted by Crippen LogP contribution is 2.24. The Kier molecular flexibility index (Phi) is 17.8. The van der Waals surface area contributed by atoms with Gasteiger partial charge in [-0.05, 0) is 105 Å². The standard InChI is InChI=1S/C40H56N10O7S/c1-25(2)22-35(39(55)43-4)46-37(53)26(3)45-38(54)28(8-7-21-44-40(41)42)24-36(52)34(23-27-9-17-32(51)18-10-27)49-58(56,57)33-19-13-30(14-20-33)48-47-29-11-15-31(16-12-29)50(5)6/h9-20,25-26,28,34-35,49,51H,7-8,21-24H2,1-6H3,(H,43,55)(H,45,54)(H,46,53)(H4,41,42,44)/t26-,28+,34-,35-/m0/s1. The molecule has 18 heteroatoms. The third-order valence-corrected chi connectivity index (χ3v) is 10.5. The van der Waals surface area contributed by atoms with E-state index < -0.39 is 58.1 Å². The number of nitrogens with two attached hydrogens (primary N) is 2. The predicted octanol–water partition coefficient (Wildman–Crippen LogP) is 3.17. The van der Waals surface area contributed by atoms with Crippen LogP contribution >= 0.6 is 0 Å². The number of nitrogens with zero attached hydrogens (tertiary/aromatic N) is 4. The first kappa shape index (κ1) is 46.5. The zero-order valence-electron chi connectivity index (χ0n) is 33.8. The maximum absolute atomic E-state index is 14.1. The molecule has 314 valence electrons. The van der Waals surface area contributed by atoms with E-state index in [2.05, 4.69) is 35.9 Å². The van der Waals surface area contributed by atoms with Crippen molar-refractivity contribution in [3.63, 3.8) is 0 Å². The van der Waals surface area contributed by atoms with E-state index in [1.807, 2.05) is 45.0 Å². The number of phenolic OH excluding ortho intramolecular Hbond substituents is 1. The largest absolute Gasteiger partial charge is 0.508 e. The number of hydrogen-bond donors (Lipinski definition) is 7. The van der Waals surface area contributed by atoms with Gasteiger partial charge in [0.15, 0.2) is 11.7 Å². The molecular weight excluding hydrogens is 765 g/mol. The molecule has 17 nitrogen and oxygen atoms in total. The third kappa shape index (κ3) is 15.2. The first-order chi connectivity index (χ1) is 27.4. The van der Waals surface area contributed by atoms with Gasteiger partial charge in [-0.3, -0.25) is 24.2 Å². The zero-order valence-corrected chi connectivity index (χ0v) is 34.6. The van der Waals surface area contributed by atoms with Gasteiger partial charge in [-0.2, -0.15) is 10.2 Å². The second-order valence-corrected chi connectivity index (χ2v) is 16.2. The summed E-state index contributed by atoms with van der Waals surface area (Å²) in [6.45, 7) is 5.42. The minimum atomic E-state index is -4.30. The summed E-state index contributed by atoms with van der Waals surface area (Å²) >= 11 is 0. The monoisotopic (exact) mass is 820 g/mol. The molecule has 9 N–H and O–H groups in total. The van der Waals surface area contributed by atoms with Gasteiger partial charge in [-0.25, -0.2) is 13.1 Å². The summed E-state index contributed by atoms with van der Waals surface area (Å²) in [6, 6.07) is 15.8. The minimum absolute atomic E-state index is 0.0171. The smallest absolute Gasteiger partial charge is 0.242 e. The average molecular weight is 821 g/mol. The first-order valence-electron chi connectivity index (χ1n) is 18.9. The average Bonchev–Trinajstić information content (AvgIpc) is 3.17. The number of ketones is 1. The Balaban J connectivity index is 1.84. The summed E-state index contributed by atoms with van der Waals surface area (Å²) < 4.78 is 30.0. The van der Waals surface area contributed by atoms with Crippen LogP contribution in [-0.2, 0) is 35.6 Å². The number of aromatic hydroxyl groups is 1. The van der Waals surface area contributed by atoms with Crippen LogP contribution in [0.5, 0.6) is 5.75 Å². The molecule has 3 rings (SSSR count). The molecule has 0 aliphatic heterocycles. The van der Waals surface area contributed by atoms with Crippen LogP contribution in [0, 0.1) is 11.8 Å². The molecule has 0 aliphatic rings. The lowest BCUT2D eigenvalue weighted by Crippen LogP contribution is -2.53. The molecule has 0 radical (unpaired) electrons. The Labute approximate surface area is 340 Å². The number of sulfonamides is 1. The molecule has 3 aromatic rings. The van der Waals surface area contributed by atoms with Gasteiger partial charge in [-0.15, -0.1) is 0 Å². The zero-order chi connectivity index (χ0) is 43.0. The molecule has 0 unspecified atom stereocenters. The molecule has 3 amide bonds. The second-order valence-electron chi connectivity index (χ2n) is 14.5. The van der Waals surface area contributed by atoms with Crippen molar-refractivity contribution in [3.05, 3.63) is 78.4 Å². The number of nitrogens with one attached hydrogen (secondary N) is 4. The predicted molar refractivity (Wildman–Crippen MR) is 223 cm³/mol. The molecule has 0 aromatic heterocycles. The summed E-state index contributed by atoms with van der Waals surface area (Å²) in [5.74, 6) is -3.30. The van der Waals surface area contributed by atoms with Crippen LogP contribution in [0.3, 0.4) is 0 Å². The summed E-state index contributed by atoms with van der Waals surface area (Å²) in [6.07, 6.45) is 0.265. The number of guanidine groups is 1. The fourth-order valence-electron chi connectivity index (χ4n) is 5.80. The van der Waals surface area contributed by atoms with Crippen LogP contribution in [-0.4, -0.2) is 88.8 Å². The van der Waals surface area contributed by atoms with Crippen LogP contribution in [0.4, 0.5) is 17.1 Å². The number of rotatable bonds is 22. The van der Waals surface area contributed by atoms with E-state index in [9.17, 15) is 32.7 Å².